The summed E-state index contributed by atoms with van der Waals surface area (Å²) in [6, 6.07) is 13.5. The van der Waals surface area contributed by atoms with Gasteiger partial charge in [-0.3, -0.25) is 14.5 Å². The Morgan fingerprint density at radius 1 is 1.08 bits per heavy atom. The molecule has 0 heterocycles. The third kappa shape index (κ3) is 8.56. The number of ether oxygens (including phenoxy) is 1. The fraction of sp³-hybridized carbons (Fsp3) is 0.433. The number of alkyl carbamates (subject to hydrolysis) is 1. The number of carbonyl (C=O) groups is 3. The summed E-state index contributed by atoms with van der Waals surface area (Å²) < 4.78 is 5.38. The van der Waals surface area contributed by atoms with Gasteiger partial charge in [0.25, 0.3) is 11.8 Å². The van der Waals surface area contributed by atoms with E-state index in [1.165, 1.54) is 11.8 Å². The van der Waals surface area contributed by atoms with Crippen LogP contribution in [0, 0.1) is 26.3 Å². The van der Waals surface area contributed by atoms with E-state index in [0.717, 1.165) is 28.0 Å². The van der Waals surface area contributed by atoms with Crippen LogP contribution >= 0.6 is 11.8 Å². The van der Waals surface area contributed by atoms with Gasteiger partial charge in [-0.25, -0.2) is 4.79 Å². The molecule has 0 bridgehead atoms. The van der Waals surface area contributed by atoms with E-state index in [4.69, 9.17) is 11.2 Å². The molecule has 0 aromatic heterocycles. The molecule has 3 amide bonds. The van der Waals surface area contributed by atoms with Crippen LogP contribution in [0.15, 0.2) is 42.5 Å². The normalized spacial score (nSPS) is 12.6. The second-order valence-electron chi connectivity index (χ2n) is 10.1. The first-order valence-corrected chi connectivity index (χ1v) is 14.0. The minimum Gasteiger partial charge on any atom is -0.444 e. The minimum atomic E-state index is -1.12. The lowest BCUT2D eigenvalue weighted by Crippen LogP contribution is -2.51. The molecule has 2 rings (SSSR count). The second-order valence-corrected chi connectivity index (χ2v) is 11.1. The Bertz CT molecular complexity index is 1150. The number of nitrogens with zero attached hydrogens (tertiary/aromatic N) is 1. The van der Waals surface area contributed by atoms with Crippen molar-refractivity contribution < 1.29 is 19.1 Å². The Labute approximate surface area is 231 Å². The van der Waals surface area contributed by atoms with Crippen molar-refractivity contribution in [1.29, 1.82) is 0 Å². The van der Waals surface area contributed by atoms with Gasteiger partial charge < -0.3 is 15.4 Å². The van der Waals surface area contributed by atoms with Gasteiger partial charge in [-0.1, -0.05) is 55.8 Å². The molecule has 8 heteroatoms. The SMILES string of the molecule is C#CN(C(=O)C(CCSC)NC(=O)OC(C)(C)C)C(C(=O)Nc1c(C)cccc1C)c1ccc(CC)cc1. The number of rotatable bonds is 10. The van der Waals surface area contributed by atoms with Crippen LogP contribution in [-0.4, -0.2) is 46.5 Å². The molecule has 7 nitrogen and oxygen atoms in total. The number of hydrogen-bond donors (Lipinski definition) is 2. The second kappa shape index (κ2) is 13.9. The molecular weight excluding hydrogens is 498 g/mol. The molecule has 0 saturated heterocycles. The van der Waals surface area contributed by atoms with Gasteiger partial charge in [0.05, 0.1) is 0 Å². The standard InChI is InChI=1S/C30H39N3O4S/c1-9-22-14-16-23(17-15-22)26(27(34)32-25-20(3)12-11-13-21(25)4)33(10-2)28(35)24(18-19-38-8)31-29(36)37-30(5,6)7/h2,11-17,24,26H,9,18-19H2,1,3-8H3,(H,31,36)(H,32,34). The van der Waals surface area contributed by atoms with Crippen molar-refractivity contribution >= 4 is 35.4 Å². The Morgan fingerprint density at radius 2 is 1.68 bits per heavy atom. The molecular formula is C30H39N3O4S. The molecule has 0 fully saturated rings. The highest BCUT2D eigenvalue weighted by Crippen LogP contribution is 2.27. The maximum absolute atomic E-state index is 13.8. The molecule has 0 aliphatic rings. The van der Waals surface area contributed by atoms with Crippen LogP contribution in [0.1, 0.15) is 62.4 Å². The van der Waals surface area contributed by atoms with E-state index in [9.17, 15) is 14.4 Å². The molecule has 0 aliphatic carbocycles. The van der Waals surface area contributed by atoms with Gasteiger partial charge in [0.15, 0.2) is 0 Å². The molecule has 38 heavy (non-hydrogen) atoms. The van der Waals surface area contributed by atoms with E-state index >= 15 is 0 Å². The van der Waals surface area contributed by atoms with E-state index in [1.807, 2.05) is 69.5 Å². The zero-order chi connectivity index (χ0) is 28.5. The van der Waals surface area contributed by atoms with Crippen LogP contribution in [0.25, 0.3) is 0 Å². The summed E-state index contributed by atoms with van der Waals surface area (Å²) in [5.41, 5.74) is 3.37. The number of amides is 3. The highest BCUT2D eigenvalue weighted by molar-refractivity contribution is 7.98. The molecule has 0 spiro atoms. The number of carbonyl (C=O) groups excluding carboxylic acids is 3. The number of para-hydroxylation sites is 1. The molecule has 204 valence electrons. The number of aryl methyl sites for hydroxylation is 3. The number of nitrogens with one attached hydrogen (secondary N) is 2. The average Bonchev–Trinajstić information content (AvgIpc) is 2.85. The van der Waals surface area contributed by atoms with Crippen LogP contribution in [-0.2, 0) is 20.7 Å². The molecule has 2 N–H and O–H groups in total. The highest BCUT2D eigenvalue weighted by atomic mass is 32.2. The first-order valence-electron chi connectivity index (χ1n) is 12.7. The molecule has 2 unspecified atom stereocenters. The number of thioether (sulfide) groups is 1. The first kappa shape index (κ1) is 30.8. The fourth-order valence-electron chi connectivity index (χ4n) is 3.93. The molecule has 0 radical (unpaired) electrons. The topological polar surface area (TPSA) is 87.7 Å². The van der Waals surface area contributed by atoms with Crippen molar-refractivity contribution in [2.45, 2.75) is 72.1 Å². The van der Waals surface area contributed by atoms with E-state index in [2.05, 4.69) is 16.7 Å². The highest BCUT2D eigenvalue weighted by Gasteiger charge is 2.36. The van der Waals surface area contributed by atoms with Crippen LogP contribution in [0.4, 0.5) is 10.5 Å². The Balaban J connectivity index is 2.49. The molecule has 2 aromatic carbocycles. The maximum atomic E-state index is 13.8. The summed E-state index contributed by atoms with van der Waals surface area (Å²) >= 11 is 1.53. The van der Waals surface area contributed by atoms with Crippen molar-refractivity contribution in [1.82, 2.24) is 10.2 Å². The Hall–Kier alpha value is -3.44. The monoisotopic (exact) mass is 537 g/mol. The zero-order valence-corrected chi connectivity index (χ0v) is 24.2. The van der Waals surface area contributed by atoms with Gasteiger partial charge in [0, 0.05) is 11.7 Å². The van der Waals surface area contributed by atoms with Crippen molar-refractivity contribution in [2.24, 2.45) is 0 Å². The molecule has 2 aromatic rings. The quantitative estimate of drug-likeness (QED) is 0.304. The smallest absolute Gasteiger partial charge is 0.408 e. The summed E-state index contributed by atoms with van der Waals surface area (Å²) in [6.45, 7) is 11.1. The first-order chi connectivity index (χ1) is 17.9. The third-order valence-electron chi connectivity index (χ3n) is 5.92. The number of benzene rings is 2. The number of anilines is 1. The van der Waals surface area contributed by atoms with Gasteiger partial charge >= 0.3 is 6.09 Å². The van der Waals surface area contributed by atoms with Crippen LogP contribution in [0.5, 0.6) is 0 Å². The number of hydrogen-bond acceptors (Lipinski definition) is 5. The zero-order valence-electron chi connectivity index (χ0n) is 23.4. The summed E-state index contributed by atoms with van der Waals surface area (Å²) in [4.78, 5) is 41.3. The van der Waals surface area contributed by atoms with E-state index in [-0.39, 0.29) is 0 Å². The van der Waals surface area contributed by atoms with Gasteiger partial charge in [0.2, 0.25) is 0 Å². The molecule has 2 atom stereocenters. The van der Waals surface area contributed by atoms with Crippen LogP contribution in [0.3, 0.4) is 0 Å². The van der Waals surface area contributed by atoms with Gasteiger partial charge in [-0.15, -0.1) is 0 Å². The summed E-state index contributed by atoms with van der Waals surface area (Å²) in [5.74, 6) is -0.415. The Kier molecular flexibility index (Phi) is 11.3. The van der Waals surface area contributed by atoms with Gasteiger partial charge in [-0.05, 0) is 81.7 Å². The summed E-state index contributed by atoms with van der Waals surface area (Å²) in [5, 5.41) is 5.65. The minimum absolute atomic E-state index is 0.317. The maximum Gasteiger partial charge on any atom is 0.408 e. The lowest BCUT2D eigenvalue weighted by Gasteiger charge is -2.30. The van der Waals surface area contributed by atoms with Crippen molar-refractivity contribution in [2.75, 3.05) is 17.3 Å². The third-order valence-corrected chi connectivity index (χ3v) is 6.56. The van der Waals surface area contributed by atoms with E-state index < -0.39 is 35.6 Å². The van der Waals surface area contributed by atoms with Crippen molar-refractivity contribution in [3.63, 3.8) is 0 Å². The number of terminal acetylenes is 1. The van der Waals surface area contributed by atoms with Crippen LogP contribution in [0.2, 0.25) is 0 Å². The van der Waals surface area contributed by atoms with Crippen LogP contribution < -0.4 is 10.6 Å². The summed E-state index contributed by atoms with van der Waals surface area (Å²) in [6.07, 6.45) is 8.21. The summed E-state index contributed by atoms with van der Waals surface area (Å²) in [7, 11) is 0. The largest absolute Gasteiger partial charge is 0.444 e. The predicted molar refractivity (Wildman–Crippen MR) is 155 cm³/mol. The molecule has 0 aliphatic heterocycles. The average molecular weight is 538 g/mol. The Morgan fingerprint density at radius 3 is 2.18 bits per heavy atom. The van der Waals surface area contributed by atoms with Gasteiger partial charge in [-0.2, -0.15) is 11.8 Å². The fourth-order valence-corrected chi connectivity index (χ4v) is 4.40. The van der Waals surface area contributed by atoms with Gasteiger partial charge in [0.1, 0.15) is 17.7 Å². The van der Waals surface area contributed by atoms with Crippen molar-refractivity contribution in [3.8, 4) is 12.5 Å². The van der Waals surface area contributed by atoms with E-state index in [1.54, 1.807) is 20.8 Å². The van der Waals surface area contributed by atoms with Crippen molar-refractivity contribution in [3.05, 3.63) is 64.7 Å². The molecule has 0 saturated carbocycles. The predicted octanol–water partition coefficient (Wildman–Crippen LogP) is 5.61. The lowest BCUT2D eigenvalue weighted by atomic mass is 10.00. The van der Waals surface area contributed by atoms with E-state index in [0.29, 0.717) is 23.4 Å². The lowest BCUT2D eigenvalue weighted by molar-refractivity contribution is -0.136.